The molecule has 0 aliphatic heterocycles. The Morgan fingerprint density at radius 1 is 1.05 bits per heavy atom. The number of carbonyl (C=O) groups excluding carboxylic acids is 1. The van der Waals surface area contributed by atoms with Crippen molar-refractivity contribution >= 4 is 17.5 Å². The van der Waals surface area contributed by atoms with Crippen LogP contribution < -0.4 is 0 Å². The average Bonchev–Trinajstić information content (AvgIpc) is 2.34. The number of carbonyl (C=O) groups is 1. The Balaban J connectivity index is 1.45. The maximum Gasteiger partial charge on any atom is 0.228 e. The Morgan fingerprint density at radius 3 is 2.00 bits per heavy atom. The van der Waals surface area contributed by atoms with Gasteiger partial charge in [-0.1, -0.05) is 0 Å². The van der Waals surface area contributed by atoms with Crippen LogP contribution in [0.15, 0.2) is 0 Å². The summed E-state index contributed by atoms with van der Waals surface area (Å²) in [6.07, 6.45) is 9.98. The zero-order chi connectivity index (χ0) is 13.9. The zero-order valence-corrected chi connectivity index (χ0v) is 13.2. The normalized spacial score (nSPS) is 49.0. The Kier molecular flexibility index (Phi) is 3.11. The maximum atomic E-state index is 13.0. The van der Waals surface area contributed by atoms with E-state index >= 15 is 0 Å². The van der Waals surface area contributed by atoms with Gasteiger partial charge in [0.15, 0.2) is 0 Å². The Morgan fingerprint density at radius 2 is 1.55 bits per heavy atom. The molecule has 0 N–H and O–H groups in total. The highest BCUT2D eigenvalue weighted by Crippen LogP contribution is 2.60. The smallest absolute Gasteiger partial charge is 0.228 e. The second-order valence-electron chi connectivity index (χ2n) is 8.32. The van der Waals surface area contributed by atoms with E-state index in [-0.39, 0.29) is 5.41 Å². The van der Waals surface area contributed by atoms with Gasteiger partial charge in [0, 0.05) is 19.0 Å². The molecule has 5 rings (SSSR count). The van der Waals surface area contributed by atoms with E-state index in [4.69, 9.17) is 11.6 Å². The fourth-order valence-electron chi connectivity index (χ4n) is 6.05. The van der Waals surface area contributed by atoms with Gasteiger partial charge in [-0.15, -0.1) is 11.6 Å². The van der Waals surface area contributed by atoms with E-state index in [1.165, 1.54) is 38.5 Å². The van der Waals surface area contributed by atoms with Crippen molar-refractivity contribution in [2.45, 2.75) is 56.7 Å². The van der Waals surface area contributed by atoms with Crippen molar-refractivity contribution in [1.29, 1.82) is 0 Å². The first-order valence-corrected chi connectivity index (χ1v) is 8.87. The maximum absolute atomic E-state index is 13.0. The highest BCUT2D eigenvalue weighted by molar-refractivity contribution is 6.21. The summed E-state index contributed by atoms with van der Waals surface area (Å²) in [4.78, 5) is 15.1. The molecule has 0 atom stereocenters. The molecule has 5 aliphatic carbocycles. The van der Waals surface area contributed by atoms with E-state index in [9.17, 15) is 4.79 Å². The van der Waals surface area contributed by atoms with Crippen molar-refractivity contribution in [3.8, 4) is 0 Å². The van der Waals surface area contributed by atoms with Crippen molar-refractivity contribution in [1.82, 2.24) is 4.90 Å². The van der Waals surface area contributed by atoms with Crippen LogP contribution in [-0.4, -0.2) is 29.8 Å². The standard InChI is InChI=1S/C17H26ClNO/c1-19(10-14-5-15(18)6-14)16(20)17-7-11-2-12(8-17)4-13(3-11)9-17/h11-15H,2-10H2,1H3. The summed E-state index contributed by atoms with van der Waals surface area (Å²) >= 11 is 6.06. The van der Waals surface area contributed by atoms with Crippen molar-refractivity contribution in [3.05, 3.63) is 0 Å². The third kappa shape index (κ3) is 2.10. The first-order chi connectivity index (χ1) is 9.54. The van der Waals surface area contributed by atoms with Crippen LogP contribution in [0.1, 0.15) is 51.4 Å². The van der Waals surface area contributed by atoms with Crippen LogP contribution in [0, 0.1) is 29.1 Å². The summed E-state index contributed by atoms with van der Waals surface area (Å²) in [5.41, 5.74) is 0.0353. The van der Waals surface area contributed by atoms with Gasteiger partial charge in [0.05, 0.1) is 5.41 Å². The van der Waals surface area contributed by atoms with E-state index < -0.39 is 0 Å². The number of nitrogens with zero attached hydrogens (tertiary/aromatic N) is 1. The Labute approximate surface area is 127 Å². The van der Waals surface area contributed by atoms with Crippen LogP contribution in [0.4, 0.5) is 0 Å². The number of halogens is 1. The van der Waals surface area contributed by atoms with E-state index in [0.717, 1.165) is 37.1 Å². The minimum Gasteiger partial charge on any atom is -0.345 e. The van der Waals surface area contributed by atoms with E-state index in [1.54, 1.807) is 0 Å². The molecule has 20 heavy (non-hydrogen) atoms. The summed E-state index contributed by atoms with van der Waals surface area (Å²) in [7, 11) is 2.03. The molecule has 0 aromatic carbocycles. The molecule has 2 nitrogen and oxygen atoms in total. The van der Waals surface area contributed by atoms with Crippen molar-refractivity contribution in [2.75, 3.05) is 13.6 Å². The molecule has 0 unspecified atom stereocenters. The third-order valence-electron chi connectivity index (χ3n) is 6.55. The highest BCUT2D eigenvalue weighted by atomic mass is 35.5. The number of alkyl halides is 1. The first kappa shape index (κ1) is 13.4. The molecule has 0 radical (unpaired) electrons. The molecule has 5 aliphatic rings. The average molecular weight is 296 g/mol. The first-order valence-electron chi connectivity index (χ1n) is 8.44. The molecule has 0 aromatic rings. The second kappa shape index (κ2) is 4.63. The fourth-order valence-corrected chi connectivity index (χ4v) is 6.56. The monoisotopic (exact) mass is 295 g/mol. The van der Waals surface area contributed by atoms with Gasteiger partial charge >= 0.3 is 0 Å². The molecule has 0 aromatic heterocycles. The van der Waals surface area contributed by atoms with Crippen LogP contribution >= 0.6 is 11.6 Å². The van der Waals surface area contributed by atoms with Gasteiger partial charge in [-0.05, 0) is 75.0 Å². The highest BCUT2D eigenvalue weighted by Gasteiger charge is 2.55. The minimum absolute atomic E-state index is 0.0353. The van der Waals surface area contributed by atoms with Gasteiger partial charge in [-0.3, -0.25) is 4.79 Å². The fraction of sp³-hybridized carbons (Fsp3) is 0.941. The van der Waals surface area contributed by atoms with Crippen molar-refractivity contribution < 1.29 is 4.79 Å². The van der Waals surface area contributed by atoms with Gasteiger partial charge in [0.1, 0.15) is 0 Å². The number of hydrogen-bond donors (Lipinski definition) is 0. The van der Waals surface area contributed by atoms with Crippen LogP contribution in [0.3, 0.4) is 0 Å². The lowest BCUT2D eigenvalue weighted by atomic mass is 9.49. The van der Waals surface area contributed by atoms with Crippen LogP contribution in [0.25, 0.3) is 0 Å². The lowest BCUT2D eigenvalue weighted by molar-refractivity contribution is -0.157. The predicted molar refractivity (Wildman–Crippen MR) is 80.6 cm³/mol. The molecule has 4 bridgehead atoms. The summed E-state index contributed by atoms with van der Waals surface area (Å²) in [5, 5.41) is 0.364. The number of amides is 1. The van der Waals surface area contributed by atoms with Crippen LogP contribution in [0.2, 0.25) is 0 Å². The predicted octanol–water partition coefficient (Wildman–Crippen LogP) is 3.68. The van der Waals surface area contributed by atoms with Gasteiger partial charge in [0.25, 0.3) is 0 Å². The molecule has 112 valence electrons. The van der Waals surface area contributed by atoms with Crippen molar-refractivity contribution in [3.63, 3.8) is 0 Å². The summed E-state index contributed by atoms with van der Waals surface area (Å²) in [5.74, 6) is 3.69. The lowest BCUT2D eigenvalue weighted by Gasteiger charge is -2.56. The quantitative estimate of drug-likeness (QED) is 0.727. The molecule has 5 fully saturated rings. The number of hydrogen-bond acceptors (Lipinski definition) is 1. The molecule has 5 saturated carbocycles. The molecule has 0 heterocycles. The Hall–Kier alpha value is -0.240. The summed E-state index contributed by atoms with van der Waals surface area (Å²) < 4.78 is 0. The molecule has 1 amide bonds. The zero-order valence-electron chi connectivity index (χ0n) is 12.5. The van der Waals surface area contributed by atoms with Crippen LogP contribution in [-0.2, 0) is 4.79 Å². The number of rotatable bonds is 3. The van der Waals surface area contributed by atoms with E-state index in [1.807, 2.05) is 7.05 Å². The summed E-state index contributed by atoms with van der Waals surface area (Å²) in [6, 6.07) is 0. The lowest BCUT2D eigenvalue weighted by Crippen LogP contribution is -2.54. The van der Waals surface area contributed by atoms with Gasteiger partial charge in [0.2, 0.25) is 5.91 Å². The molecule has 3 heteroatoms. The van der Waals surface area contributed by atoms with Gasteiger partial charge in [-0.2, -0.15) is 0 Å². The van der Waals surface area contributed by atoms with E-state index in [0.29, 0.717) is 17.2 Å². The van der Waals surface area contributed by atoms with Crippen LogP contribution in [0.5, 0.6) is 0 Å². The molecule has 0 saturated heterocycles. The second-order valence-corrected chi connectivity index (χ2v) is 8.94. The topological polar surface area (TPSA) is 20.3 Å². The van der Waals surface area contributed by atoms with Gasteiger partial charge in [-0.25, -0.2) is 0 Å². The van der Waals surface area contributed by atoms with Crippen molar-refractivity contribution in [2.24, 2.45) is 29.1 Å². The largest absolute Gasteiger partial charge is 0.345 e. The molecule has 0 spiro atoms. The third-order valence-corrected chi connectivity index (χ3v) is 6.91. The minimum atomic E-state index is 0.0353. The molecular formula is C17H26ClNO. The van der Waals surface area contributed by atoms with Gasteiger partial charge < -0.3 is 4.90 Å². The SMILES string of the molecule is CN(CC1CC(Cl)C1)C(=O)C12CC3CC(CC(C3)C1)C2. The van der Waals surface area contributed by atoms with E-state index in [2.05, 4.69) is 4.90 Å². The molecular weight excluding hydrogens is 270 g/mol. The summed E-state index contributed by atoms with van der Waals surface area (Å²) in [6.45, 7) is 0.934. The Bertz CT molecular complexity index is 380.